The number of ether oxygens (including phenoxy) is 1. The molecule has 0 aliphatic carbocycles. The van der Waals surface area contributed by atoms with Gasteiger partial charge in [0.1, 0.15) is 5.69 Å². The van der Waals surface area contributed by atoms with Crippen molar-refractivity contribution in [1.82, 2.24) is 0 Å². The zero-order valence-electron chi connectivity index (χ0n) is 8.40. The second-order valence-electron chi connectivity index (χ2n) is 2.98. The number of carbonyl (C=O) groups is 1. The molecule has 0 atom stereocenters. The molecule has 0 amide bonds. The Morgan fingerprint density at radius 3 is 2.75 bits per heavy atom. The van der Waals surface area contributed by atoms with Gasteiger partial charge in [-0.1, -0.05) is 0 Å². The van der Waals surface area contributed by atoms with Gasteiger partial charge in [-0.25, -0.2) is 4.39 Å². The van der Waals surface area contributed by atoms with E-state index in [0.717, 1.165) is 19.2 Å². The van der Waals surface area contributed by atoms with E-state index in [1.807, 2.05) is 0 Å². The van der Waals surface area contributed by atoms with Crippen LogP contribution in [0.15, 0.2) is 12.1 Å². The molecule has 0 fully saturated rings. The van der Waals surface area contributed by atoms with Crippen LogP contribution >= 0.6 is 0 Å². The number of carbonyl (C=O) groups excluding carboxylic acids is 1. The Morgan fingerprint density at radius 1 is 1.62 bits per heavy atom. The van der Waals surface area contributed by atoms with Crippen LogP contribution in [0.5, 0.6) is 0 Å². The highest BCUT2D eigenvalue weighted by Crippen LogP contribution is 2.29. The average Bonchev–Trinajstić information content (AvgIpc) is 2.23. The molecular weight excluding hydrogens is 219 g/mol. The average molecular weight is 228 g/mol. The summed E-state index contributed by atoms with van der Waals surface area (Å²) in [6, 6.07) is 2.11. The molecule has 0 aliphatic rings. The molecule has 0 aliphatic heterocycles. The lowest BCUT2D eigenvalue weighted by atomic mass is 10.1. The summed E-state index contributed by atoms with van der Waals surface area (Å²) >= 11 is 0. The number of methoxy groups -OCH3 is 1. The maximum atomic E-state index is 13.0. The third-order valence-electron chi connectivity index (χ3n) is 1.99. The van der Waals surface area contributed by atoms with E-state index in [0.29, 0.717) is 0 Å². The summed E-state index contributed by atoms with van der Waals surface area (Å²) in [5.41, 5.74) is 4.09. The molecule has 0 spiro atoms. The number of halogens is 1. The van der Waals surface area contributed by atoms with Gasteiger partial charge in [0.25, 0.3) is 5.69 Å². The fourth-order valence-electron chi connectivity index (χ4n) is 1.21. The summed E-state index contributed by atoms with van der Waals surface area (Å²) in [6.07, 6.45) is -0.322. The Kier molecular flexibility index (Phi) is 3.39. The third kappa shape index (κ3) is 2.25. The summed E-state index contributed by atoms with van der Waals surface area (Å²) < 4.78 is 17.4. The van der Waals surface area contributed by atoms with Gasteiger partial charge in [-0.2, -0.15) is 0 Å². The van der Waals surface area contributed by atoms with Gasteiger partial charge in [-0.15, -0.1) is 0 Å². The van der Waals surface area contributed by atoms with Gasteiger partial charge in [-0.3, -0.25) is 14.9 Å². The first-order valence-corrected chi connectivity index (χ1v) is 4.25. The minimum Gasteiger partial charge on any atom is -0.469 e. The number of rotatable bonds is 3. The van der Waals surface area contributed by atoms with E-state index in [1.54, 1.807) is 0 Å². The van der Waals surface area contributed by atoms with E-state index in [2.05, 4.69) is 4.74 Å². The summed E-state index contributed by atoms with van der Waals surface area (Å²) in [5, 5.41) is 10.7. The molecule has 86 valence electrons. The van der Waals surface area contributed by atoms with E-state index in [1.165, 1.54) is 0 Å². The van der Waals surface area contributed by atoms with Crippen molar-refractivity contribution < 1.29 is 18.8 Å². The van der Waals surface area contributed by atoms with Gasteiger partial charge in [0.05, 0.1) is 18.5 Å². The number of hydrogen-bond acceptors (Lipinski definition) is 5. The van der Waals surface area contributed by atoms with Crippen LogP contribution in [0.2, 0.25) is 0 Å². The number of benzene rings is 1. The van der Waals surface area contributed by atoms with Crippen LogP contribution in [0.25, 0.3) is 0 Å². The molecule has 6 nitrogen and oxygen atoms in total. The van der Waals surface area contributed by atoms with Gasteiger partial charge in [0.2, 0.25) is 0 Å². The van der Waals surface area contributed by atoms with Crippen LogP contribution in [-0.2, 0) is 16.0 Å². The van der Waals surface area contributed by atoms with Crippen molar-refractivity contribution in [2.75, 3.05) is 12.8 Å². The Hall–Kier alpha value is -2.18. The number of nitro benzene ring substituents is 1. The first-order chi connectivity index (χ1) is 7.47. The molecule has 16 heavy (non-hydrogen) atoms. The molecule has 2 N–H and O–H groups in total. The molecule has 0 bridgehead atoms. The van der Waals surface area contributed by atoms with Crippen molar-refractivity contribution in [3.05, 3.63) is 33.6 Å². The number of esters is 1. The van der Waals surface area contributed by atoms with E-state index in [4.69, 9.17) is 5.73 Å². The third-order valence-corrected chi connectivity index (χ3v) is 1.99. The van der Waals surface area contributed by atoms with Crippen LogP contribution in [-0.4, -0.2) is 18.0 Å². The Labute approximate surface area is 90.0 Å². The van der Waals surface area contributed by atoms with Gasteiger partial charge >= 0.3 is 5.97 Å². The highest BCUT2D eigenvalue weighted by Gasteiger charge is 2.23. The Balaban J connectivity index is 3.23. The van der Waals surface area contributed by atoms with Crippen molar-refractivity contribution in [1.29, 1.82) is 0 Å². The maximum Gasteiger partial charge on any atom is 0.310 e. The lowest BCUT2D eigenvalue weighted by Crippen LogP contribution is -2.09. The lowest BCUT2D eigenvalue weighted by Gasteiger charge is -2.04. The fourth-order valence-corrected chi connectivity index (χ4v) is 1.21. The minimum atomic E-state index is -0.889. The minimum absolute atomic E-state index is 0.0238. The molecule has 0 aromatic heterocycles. The van der Waals surface area contributed by atoms with Crippen LogP contribution in [0.3, 0.4) is 0 Å². The number of nitrogens with two attached hydrogens (primary N) is 1. The molecular formula is C9H9FN2O4. The summed E-state index contributed by atoms with van der Waals surface area (Å²) in [4.78, 5) is 20.8. The van der Waals surface area contributed by atoms with Crippen LogP contribution < -0.4 is 5.73 Å². The van der Waals surface area contributed by atoms with Crippen LogP contribution in [0, 0.1) is 15.9 Å². The SMILES string of the molecule is COC(=O)Cc1ccc(F)c(N)c1[N+](=O)[O-]. The highest BCUT2D eigenvalue weighted by atomic mass is 19.1. The molecule has 0 saturated heterocycles. The normalized spacial score (nSPS) is 9.88. The van der Waals surface area contributed by atoms with Gasteiger partial charge in [0.15, 0.2) is 5.82 Å². The van der Waals surface area contributed by atoms with Crippen LogP contribution in [0.4, 0.5) is 15.8 Å². The van der Waals surface area contributed by atoms with Gasteiger partial charge in [-0.05, 0) is 12.1 Å². The molecule has 0 heterocycles. The van der Waals surface area contributed by atoms with E-state index in [-0.39, 0.29) is 12.0 Å². The summed E-state index contributed by atoms with van der Waals surface area (Å²) in [5.74, 6) is -1.55. The number of hydrogen-bond donors (Lipinski definition) is 1. The van der Waals surface area contributed by atoms with E-state index >= 15 is 0 Å². The fraction of sp³-hybridized carbons (Fsp3) is 0.222. The molecule has 7 heteroatoms. The van der Waals surface area contributed by atoms with Gasteiger partial charge in [0, 0.05) is 5.56 Å². The molecule has 1 aromatic rings. The Morgan fingerprint density at radius 2 is 2.25 bits per heavy atom. The zero-order valence-corrected chi connectivity index (χ0v) is 8.40. The predicted molar refractivity (Wildman–Crippen MR) is 53.2 cm³/mol. The zero-order chi connectivity index (χ0) is 12.3. The molecule has 1 rings (SSSR count). The monoisotopic (exact) mass is 228 g/mol. The number of anilines is 1. The summed E-state index contributed by atoms with van der Waals surface area (Å²) in [7, 11) is 1.15. The lowest BCUT2D eigenvalue weighted by molar-refractivity contribution is -0.384. The van der Waals surface area contributed by atoms with E-state index in [9.17, 15) is 19.3 Å². The smallest absolute Gasteiger partial charge is 0.310 e. The van der Waals surface area contributed by atoms with E-state index < -0.39 is 28.1 Å². The van der Waals surface area contributed by atoms with Crippen molar-refractivity contribution >= 4 is 17.3 Å². The van der Waals surface area contributed by atoms with Gasteiger partial charge < -0.3 is 10.5 Å². The number of nitro groups is 1. The Bertz CT molecular complexity index is 447. The second kappa shape index (κ2) is 4.56. The highest BCUT2D eigenvalue weighted by molar-refractivity contribution is 5.76. The summed E-state index contributed by atoms with van der Waals surface area (Å²) in [6.45, 7) is 0. The molecule has 0 radical (unpaired) electrons. The largest absolute Gasteiger partial charge is 0.469 e. The topological polar surface area (TPSA) is 95.5 Å². The molecule has 0 unspecified atom stereocenters. The standard InChI is InChI=1S/C9H9FN2O4/c1-16-7(13)4-5-2-3-6(10)8(11)9(5)12(14)15/h2-3H,4,11H2,1H3. The molecule has 0 saturated carbocycles. The molecule has 1 aromatic carbocycles. The number of nitrogens with zero attached hydrogens (tertiary/aromatic N) is 1. The second-order valence-corrected chi connectivity index (χ2v) is 2.98. The van der Waals surface area contributed by atoms with Crippen molar-refractivity contribution in [2.45, 2.75) is 6.42 Å². The number of nitrogen functional groups attached to an aromatic ring is 1. The van der Waals surface area contributed by atoms with Crippen molar-refractivity contribution in [3.8, 4) is 0 Å². The quantitative estimate of drug-likeness (QED) is 0.361. The van der Waals surface area contributed by atoms with Crippen molar-refractivity contribution in [3.63, 3.8) is 0 Å². The van der Waals surface area contributed by atoms with Crippen LogP contribution in [0.1, 0.15) is 5.56 Å². The van der Waals surface area contributed by atoms with Crippen molar-refractivity contribution in [2.24, 2.45) is 0 Å². The first kappa shape index (κ1) is 11.9. The predicted octanol–water partition coefficient (Wildman–Crippen LogP) is 1.03. The maximum absolute atomic E-state index is 13.0. The first-order valence-electron chi connectivity index (χ1n) is 4.25.